The Morgan fingerprint density at radius 2 is 1.83 bits per heavy atom. The molecular weight excluding hydrogens is 358 g/mol. The summed E-state index contributed by atoms with van der Waals surface area (Å²) in [6.45, 7) is 1.99. The van der Waals surface area contributed by atoms with Crippen molar-refractivity contribution in [2.45, 2.75) is 6.92 Å². The van der Waals surface area contributed by atoms with Crippen LogP contribution in [0.4, 0.5) is 5.69 Å². The third kappa shape index (κ3) is 4.60. The first-order valence-corrected chi connectivity index (χ1v) is 7.80. The summed E-state index contributed by atoms with van der Waals surface area (Å²) < 4.78 is 11.3. The van der Waals surface area contributed by atoms with Crippen LogP contribution in [0, 0.1) is 6.92 Å². The molecule has 0 aliphatic heterocycles. The molecule has 5 heteroatoms. The zero-order valence-electron chi connectivity index (χ0n) is 13.2. The molecule has 0 aliphatic rings. The Hall–Kier alpha value is -2.27. The number of methoxy groups -OCH3 is 2. The molecule has 2 rings (SSSR count). The Morgan fingerprint density at radius 3 is 2.48 bits per heavy atom. The van der Waals surface area contributed by atoms with E-state index in [1.165, 1.54) is 6.08 Å². The van der Waals surface area contributed by atoms with Crippen molar-refractivity contribution in [2.24, 2.45) is 0 Å². The molecule has 0 atom stereocenters. The van der Waals surface area contributed by atoms with E-state index in [0.29, 0.717) is 11.5 Å². The second-order valence-corrected chi connectivity index (χ2v) is 5.77. The molecule has 120 valence electrons. The van der Waals surface area contributed by atoms with E-state index in [9.17, 15) is 4.79 Å². The normalized spacial score (nSPS) is 10.6. The molecule has 0 aliphatic carbocycles. The van der Waals surface area contributed by atoms with Crippen molar-refractivity contribution >= 4 is 33.6 Å². The topological polar surface area (TPSA) is 47.6 Å². The van der Waals surface area contributed by atoms with Crippen LogP contribution in [0.2, 0.25) is 0 Å². The van der Waals surface area contributed by atoms with Gasteiger partial charge in [-0.2, -0.15) is 0 Å². The number of benzene rings is 2. The van der Waals surface area contributed by atoms with Gasteiger partial charge in [-0.3, -0.25) is 4.79 Å². The van der Waals surface area contributed by atoms with Gasteiger partial charge in [0.25, 0.3) is 0 Å². The van der Waals surface area contributed by atoms with Crippen LogP contribution >= 0.6 is 15.9 Å². The molecule has 1 N–H and O–H groups in total. The van der Waals surface area contributed by atoms with Gasteiger partial charge >= 0.3 is 0 Å². The first-order chi connectivity index (χ1) is 11.0. The molecule has 0 radical (unpaired) electrons. The minimum absolute atomic E-state index is 0.204. The van der Waals surface area contributed by atoms with Crippen LogP contribution in [0.1, 0.15) is 11.1 Å². The van der Waals surface area contributed by atoms with Crippen LogP contribution in [0.5, 0.6) is 11.5 Å². The molecule has 0 heterocycles. The van der Waals surface area contributed by atoms with Gasteiger partial charge in [-0.15, -0.1) is 0 Å². The Bertz CT molecular complexity index is 741. The molecule has 23 heavy (non-hydrogen) atoms. The first kappa shape index (κ1) is 17.1. The van der Waals surface area contributed by atoms with Crippen molar-refractivity contribution in [3.63, 3.8) is 0 Å². The quantitative estimate of drug-likeness (QED) is 0.786. The lowest BCUT2D eigenvalue weighted by molar-refractivity contribution is -0.111. The van der Waals surface area contributed by atoms with Gasteiger partial charge in [0.2, 0.25) is 5.91 Å². The Morgan fingerprint density at radius 1 is 1.09 bits per heavy atom. The van der Waals surface area contributed by atoms with Crippen molar-refractivity contribution in [1.82, 2.24) is 0 Å². The maximum absolute atomic E-state index is 12.0. The van der Waals surface area contributed by atoms with Gasteiger partial charge in [0.15, 0.2) is 11.5 Å². The van der Waals surface area contributed by atoms with Gasteiger partial charge in [0.05, 0.1) is 19.9 Å². The number of hydrogen-bond donors (Lipinski definition) is 1. The van der Waals surface area contributed by atoms with Crippen LogP contribution in [-0.4, -0.2) is 20.1 Å². The average Bonchev–Trinajstić information content (AvgIpc) is 2.55. The number of carbonyl (C=O) groups is 1. The van der Waals surface area contributed by atoms with E-state index in [0.717, 1.165) is 21.3 Å². The first-order valence-electron chi connectivity index (χ1n) is 7.00. The summed E-state index contributed by atoms with van der Waals surface area (Å²) in [5.41, 5.74) is 2.70. The van der Waals surface area contributed by atoms with Crippen molar-refractivity contribution in [2.75, 3.05) is 19.5 Å². The molecule has 4 nitrogen and oxygen atoms in total. The minimum atomic E-state index is -0.204. The van der Waals surface area contributed by atoms with Crippen LogP contribution in [0.3, 0.4) is 0 Å². The van der Waals surface area contributed by atoms with Crippen molar-refractivity contribution in [3.8, 4) is 11.5 Å². The van der Waals surface area contributed by atoms with E-state index in [2.05, 4.69) is 21.2 Å². The maximum Gasteiger partial charge on any atom is 0.248 e. The fourth-order valence-electron chi connectivity index (χ4n) is 2.02. The number of carbonyl (C=O) groups excluding carboxylic acids is 1. The highest BCUT2D eigenvalue weighted by Gasteiger charge is 2.05. The van der Waals surface area contributed by atoms with E-state index in [1.54, 1.807) is 26.4 Å². The molecule has 2 aromatic carbocycles. The van der Waals surface area contributed by atoms with Gasteiger partial charge in [-0.1, -0.05) is 12.1 Å². The Labute approximate surface area is 144 Å². The predicted octanol–water partition coefficient (Wildman–Crippen LogP) is 4.43. The largest absolute Gasteiger partial charge is 0.493 e. The predicted molar refractivity (Wildman–Crippen MR) is 96.1 cm³/mol. The number of amides is 1. The number of aryl methyl sites for hydroxylation is 1. The average molecular weight is 376 g/mol. The van der Waals surface area contributed by atoms with Crippen LogP contribution in [0.25, 0.3) is 6.08 Å². The number of ether oxygens (including phenoxy) is 2. The van der Waals surface area contributed by atoms with E-state index in [4.69, 9.17) is 9.47 Å². The van der Waals surface area contributed by atoms with Crippen LogP contribution in [0.15, 0.2) is 46.9 Å². The number of rotatable bonds is 5. The summed E-state index contributed by atoms with van der Waals surface area (Å²) in [5.74, 6) is 1.07. The monoisotopic (exact) mass is 375 g/mol. The fourth-order valence-corrected chi connectivity index (χ4v) is 2.62. The van der Waals surface area contributed by atoms with Crippen molar-refractivity contribution in [3.05, 3.63) is 58.1 Å². The van der Waals surface area contributed by atoms with E-state index in [1.807, 2.05) is 37.3 Å². The molecule has 1 amide bonds. The lowest BCUT2D eigenvalue weighted by Crippen LogP contribution is -2.08. The number of halogens is 1. The van der Waals surface area contributed by atoms with Gasteiger partial charge < -0.3 is 14.8 Å². The van der Waals surface area contributed by atoms with Crippen LogP contribution in [-0.2, 0) is 4.79 Å². The molecule has 0 fully saturated rings. The standard InChI is InChI=1S/C18H18BrNO3/c1-12-4-7-15(14(19)10-12)20-18(21)9-6-13-5-8-16(22-2)17(11-13)23-3/h4-11H,1-3H3,(H,20,21). The second kappa shape index (κ2) is 7.83. The highest BCUT2D eigenvalue weighted by atomic mass is 79.9. The molecular formula is C18H18BrNO3. The van der Waals surface area contributed by atoms with E-state index in [-0.39, 0.29) is 5.91 Å². The van der Waals surface area contributed by atoms with Gasteiger partial charge in [0, 0.05) is 10.5 Å². The number of anilines is 1. The third-order valence-electron chi connectivity index (χ3n) is 3.22. The molecule has 0 aromatic heterocycles. The SMILES string of the molecule is COc1ccc(C=CC(=O)Nc2ccc(C)cc2Br)cc1OC. The third-order valence-corrected chi connectivity index (χ3v) is 3.87. The van der Waals surface area contributed by atoms with Crippen molar-refractivity contribution < 1.29 is 14.3 Å². The maximum atomic E-state index is 12.0. The zero-order chi connectivity index (χ0) is 16.8. The molecule has 0 saturated heterocycles. The summed E-state index contributed by atoms with van der Waals surface area (Å²) in [6.07, 6.45) is 3.20. The molecule has 0 unspecified atom stereocenters. The fraction of sp³-hybridized carbons (Fsp3) is 0.167. The van der Waals surface area contributed by atoms with Crippen molar-refractivity contribution in [1.29, 1.82) is 0 Å². The van der Waals surface area contributed by atoms with Crippen LogP contribution < -0.4 is 14.8 Å². The molecule has 0 spiro atoms. The van der Waals surface area contributed by atoms with Gasteiger partial charge in [-0.25, -0.2) is 0 Å². The van der Waals surface area contributed by atoms with E-state index >= 15 is 0 Å². The second-order valence-electron chi connectivity index (χ2n) is 4.92. The number of hydrogen-bond acceptors (Lipinski definition) is 3. The smallest absolute Gasteiger partial charge is 0.248 e. The molecule has 0 saturated carbocycles. The number of nitrogens with one attached hydrogen (secondary N) is 1. The highest BCUT2D eigenvalue weighted by molar-refractivity contribution is 9.10. The summed E-state index contributed by atoms with van der Waals surface area (Å²) in [4.78, 5) is 12.0. The molecule has 2 aromatic rings. The zero-order valence-corrected chi connectivity index (χ0v) is 14.8. The highest BCUT2D eigenvalue weighted by Crippen LogP contribution is 2.28. The Balaban J connectivity index is 2.09. The summed E-state index contributed by atoms with van der Waals surface area (Å²) in [7, 11) is 3.16. The summed E-state index contributed by atoms with van der Waals surface area (Å²) in [6, 6.07) is 11.2. The van der Waals surface area contributed by atoms with E-state index < -0.39 is 0 Å². The van der Waals surface area contributed by atoms with Gasteiger partial charge in [-0.05, 0) is 64.3 Å². The summed E-state index contributed by atoms with van der Waals surface area (Å²) in [5, 5.41) is 2.83. The minimum Gasteiger partial charge on any atom is -0.493 e. The Kier molecular flexibility index (Phi) is 5.82. The lowest BCUT2D eigenvalue weighted by Gasteiger charge is -2.08. The lowest BCUT2D eigenvalue weighted by atomic mass is 10.2. The molecule has 0 bridgehead atoms. The summed E-state index contributed by atoms with van der Waals surface area (Å²) >= 11 is 3.44. The van der Waals surface area contributed by atoms with Gasteiger partial charge in [0.1, 0.15) is 0 Å².